The zero-order chi connectivity index (χ0) is 14.9. The molecular weight excluding hydrogens is 276 g/mol. The van der Waals surface area contributed by atoms with Crippen LogP contribution >= 0.6 is 12.2 Å². The van der Waals surface area contributed by atoms with Gasteiger partial charge in [0.05, 0.1) is 19.2 Å². The molecule has 0 saturated carbocycles. The van der Waals surface area contributed by atoms with Gasteiger partial charge in [-0.3, -0.25) is 14.5 Å². The number of hydrogen-bond donors (Lipinski definition) is 1. The van der Waals surface area contributed by atoms with Crippen LogP contribution in [0.1, 0.15) is 17.5 Å². The number of benzene rings is 1. The van der Waals surface area contributed by atoms with Gasteiger partial charge >= 0.3 is 5.97 Å². The van der Waals surface area contributed by atoms with Crippen LogP contribution in [-0.4, -0.2) is 30.1 Å². The molecule has 5 nitrogen and oxygen atoms in total. The van der Waals surface area contributed by atoms with Gasteiger partial charge in [-0.05, 0) is 49.3 Å². The second-order valence-corrected chi connectivity index (χ2v) is 5.19. The number of methoxy groups -OCH3 is 1. The number of hydrogen-bond acceptors (Lipinski definition) is 4. The molecule has 2 rings (SSSR count). The summed E-state index contributed by atoms with van der Waals surface area (Å²) in [7, 11) is 1.29. The summed E-state index contributed by atoms with van der Waals surface area (Å²) >= 11 is 5.19. The van der Waals surface area contributed by atoms with E-state index in [0.29, 0.717) is 5.11 Å². The predicted octanol–water partition coefficient (Wildman–Crippen LogP) is 1.46. The summed E-state index contributed by atoms with van der Waals surface area (Å²) in [6, 6.07) is 5.14. The van der Waals surface area contributed by atoms with Crippen LogP contribution in [0.3, 0.4) is 0 Å². The maximum atomic E-state index is 12.4. The largest absolute Gasteiger partial charge is 0.469 e. The minimum absolute atomic E-state index is 0.0310. The van der Waals surface area contributed by atoms with Crippen LogP contribution in [0, 0.1) is 13.8 Å². The lowest BCUT2D eigenvalue weighted by Gasteiger charge is -2.16. The topological polar surface area (TPSA) is 58.6 Å². The molecule has 106 valence electrons. The average Bonchev–Trinajstić information content (AvgIpc) is 2.63. The first-order chi connectivity index (χ1) is 9.42. The molecule has 1 amide bonds. The van der Waals surface area contributed by atoms with E-state index in [1.807, 2.05) is 32.0 Å². The van der Waals surface area contributed by atoms with E-state index in [0.717, 1.165) is 16.8 Å². The van der Waals surface area contributed by atoms with Gasteiger partial charge in [0.1, 0.15) is 6.04 Å². The summed E-state index contributed by atoms with van der Waals surface area (Å²) in [6.07, 6.45) is -0.0310. The zero-order valence-electron chi connectivity index (χ0n) is 11.6. The lowest BCUT2D eigenvalue weighted by atomic mass is 10.1. The molecular formula is C14H16N2O3S. The minimum atomic E-state index is -0.657. The van der Waals surface area contributed by atoms with E-state index in [1.165, 1.54) is 12.0 Å². The first-order valence-corrected chi connectivity index (χ1v) is 6.63. The van der Waals surface area contributed by atoms with Crippen molar-refractivity contribution in [1.29, 1.82) is 0 Å². The smallest absolute Gasteiger partial charge is 0.308 e. The van der Waals surface area contributed by atoms with Gasteiger partial charge in [-0.2, -0.15) is 0 Å². The van der Waals surface area contributed by atoms with Crippen LogP contribution < -0.4 is 10.2 Å². The quantitative estimate of drug-likeness (QED) is 0.675. The molecule has 0 radical (unpaired) electrons. The fourth-order valence-electron chi connectivity index (χ4n) is 2.24. The lowest BCUT2D eigenvalue weighted by Crippen LogP contribution is -2.32. The lowest BCUT2D eigenvalue weighted by molar-refractivity contribution is -0.142. The Morgan fingerprint density at radius 3 is 2.50 bits per heavy atom. The number of rotatable bonds is 3. The summed E-state index contributed by atoms with van der Waals surface area (Å²) < 4.78 is 4.58. The van der Waals surface area contributed by atoms with Crippen molar-refractivity contribution in [3.05, 3.63) is 29.3 Å². The third-order valence-corrected chi connectivity index (χ3v) is 3.38. The van der Waals surface area contributed by atoms with Gasteiger partial charge in [0.2, 0.25) is 0 Å². The van der Waals surface area contributed by atoms with E-state index < -0.39 is 12.0 Å². The highest BCUT2D eigenvalue weighted by atomic mass is 32.1. The first-order valence-electron chi connectivity index (χ1n) is 6.22. The Bertz CT molecular complexity index is 566. The van der Waals surface area contributed by atoms with Crippen molar-refractivity contribution in [2.45, 2.75) is 26.3 Å². The second-order valence-electron chi connectivity index (χ2n) is 4.80. The standard InChI is InChI=1S/C14H16N2O3S/c1-8-4-9(2)6-10(5-8)16-13(18)11(15-14(16)20)7-12(17)19-3/h4-6,11H,7H2,1-3H3,(H,15,20)/t11-/m0/s1. The number of amides is 1. The summed E-state index contributed by atoms with van der Waals surface area (Å²) in [6.45, 7) is 3.92. The minimum Gasteiger partial charge on any atom is -0.469 e. The van der Waals surface area contributed by atoms with Gasteiger partial charge in [0, 0.05) is 0 Å². The van der Waals surface area contributed by atoms with Crippen molar-refractivity contribution in [1.82, 2.24) is 5.32 Å². The molecule has 1 N–H and O–H groups in total. The maximum absolute atomic E-state index is 12.4. The van der Waals surface area contributed by atoms with E-state index in [9.17, 15) is 9.59 Å². The number of carbonyl (C=O) groups is 2. The number of carbonyl (C=O) groups excluding carboxylic acids is 2. The Kier molecular flexibility index (Phi) is 4.04. The Labute approximate surface area is 122 Å². The molecule has 0 spiro atoms. The highest BCUT2D eigenvalue weighted by Gasteiger charge is 2.37. The van der Waals surface area contributed by atoms with Crippen molar-refractivity contribution in [2.24, 2.45) is 0 Å². The molecule has 1 fully saturated rings. The maximum Gasteiger partial charge on any atom is 0.308 e. The van der Waals surface area contributed by atoms with Gasteiger partial charge < -0.3 is 10.1 Å². The summed E-state index contributed by atoms with van der Waals surface area (Å²) in [5.74, 6) is -0.675. The molecule has 1 saturated heterocycles. The third kappa shape index (κ3) is 2.80. The molecule has 0 bridgehead atoms. The third-order valence-electron chi connectivity index (χ3n) is 3.08. The van der Waals surface area contributed by atoms with Gasteiger partial charge in [0.25, 0.3) is 5.91 Å². The van der Waals surface area contributed by atoms with Crippen molar-refractivity contribution >= 4 is 34.9 Å². The van der Waals surface area contributed by atoms with E-state index in [4.69, 9.17) is 12.2 Å². The molecule has 1 aliphatic rings. The monoisotopic (exact) mass is 292 g/mol. The number of anilines is 1. The van der Waals surface area contributed by atoms with Crippen LogP contribution in [0.2, 0.25) is 0 Å². The Hall–Kier alpha value is -1.95. The van der Waals surface area contributed by atoms with E-state index in [1.54, 1.807) is 0 Å². The summed E-state index contributed by atoms with van der Waals surface area (Å²) in [4.78, 5) is 25.1. The highest BCUT2D eigenvalue weighted by molar-refractivity contribution is 7.80. The van der Waals surface area contributed by atoms with Crippen LogP contribution in [0.4, 0.5) is 5.69 Å². The van der Waals surface area contributed by atoms with Crippen molar-refractivity contribution in [3.63, 3.8) is 0 Å². The van der Waals surface area contributed by atoms with Gasteiger partial charge in [-0.1, -0.05) is 6.07 Å². The Morgan fingerprint density at radius 1 is 1.35 bits per heavy atom. The molecule has 1 aromatic carbocycles. The molecule has 1 aliphatic heterocycles. The van der Waals surface area contributed by atoms with Crippen LogP contribution in [0.15, 0.2) is 18.2 Å². The average molecular weight is 292 g/mol. The van der Waals surface area contributed by atoms with E-state index >= 15 is 0 Å². The van der Waals surface area contributed by atoms with Crippen LogP contribution in [-0.2, 0) is 14.3 Å². The summed E-state index contributed by atoms with van der Waals surface area (Å²) in [5, 5.41) is 3.18. The van der Waals surface area contributed by atoms with Crippen molar-refractivity contribution < 1.29 is 14.3 Å². The second kappa shape index (κ2) is 5.58. The Morgan fingerprint density at radius 2 is 1.95 bits per heavy atom. The predicted molar refractivity (Wildman–Crippen MR) is 79.6 cm³/mol. The number of thiocarbonyl (C=S) groups is 1. The zero-order valence-corrected chi connectivity index (χ0v) is 12.4. The fraction of sp³-hybridized carbons (Fsp3) is 0.357. The molecule has 20 heavy (non-hydrogen) atoms. The number of esters is 1. The molecule has 0 aliphatic carbocycles. The number of nitrogens with zero attached hydrogens (tertiary/aromatic N) is 1. The van der Waals surface area contributed by atoms with Crippen molar-refractivity contribution in [2.75, 3.05) is 12.0 Å². The summed E-state index contributed by atoms with van der Waals surface area (Å²) in [5.41, 5.74) is 2.82. The molecule has 1 atom stereocenters. The number of aryl methyl sites for hydroxylation is 2. The highest BCUT2D eigenvalue weighted by Crippen LogP contribution is 2.23. The van der Waals surface area contributed by atoms with Crippen LogP contribution in [0.25, 0.3) is 0 Å². The fourth-order valence-corrected chi connectivity index (χ4v) is 2.58. The SMILES string of the molecule is COC(=O)C[C@@H]1NC(=S)N(c2cc(C)cc(C)c2)C1=O. The molecule has 6 heteroatoms. The van der Waals surface area contributed by atoms with E-state index in [2.05, 4.69) is 10.1 Å². The molecule has 0 unspecified atom stereocenters. The van der Waals surface area contributed by atoms with Crippen molar-refractivity contribution in [3.8, 4) is 0 Å². The van der Waals surface area contributed by atoms with Gasteiger partial charge in [-0.25, -0.2) is 0 Å². The first kappa shape index (κ1) is 14.5. The number of ether oxygens (including phenoxy) is 1. The molecule has 1 aromatic rings. The molecule has 0 aromatic heterocycles. The van der Waals surface area contributed by atoms with E-state index in [-0.39, 0.29) is 12.3 Å². The Balaban J connectivity index is 2.26. The number of nitrogens with one attached hydrogen (secondary N) is 1. The molecule has 1 heterocycles. The van der Waals surface area contributed by atoms with Gasteiger partial charge in [0.15, 0.2) is 5.11 Å². The van der Waals surface area contributed by atoms with Crippen LogP contribution in [0.5, 0.6) is 0 Å². The van der Waals surface area contributed by atoms with Gasteiger partial charge in [-0.15, -0.1) is 0 Å². The normalized spacial score (nSPS) is 18.1.